The summed E-state index contributed by atoms with van der Waals surface area (Å²) in [5.74, 6) is 0.507. The van der Waals surface area contributed by atoms with Crippen molar-refractivity contribution in [3.05, 3.63) is 69.0 Å². The molecule has 2 aromatic heterocycles. The van der Waals surface area contributed by atoms with E-state index < -0.39 is 0 Å². The van der Waals surface area contributed by atoms with Crippen LogP contribution in [0, 0.1) is 0 Å². The van der Waals surface area contributed by atoms with Crippen LogP contribution in [0.15, 0.2) is 57.7 Å². The Labute approximate surface area is 156 Å². The Morgan fingerprint density at radius 3 is 2.79 bits per heavy atom. The van der Waals surface area contributed by atoms with Gasteiger partial charge in [-0.3, -0.25) is 4.79 Å². The second kappa shape index (κ2) is 7.36. The van der Waals surface area contributed by atoms with E-state index in [9.17, 15) is 4.79 Å². The van der Waals surface area contributed by atoms with E-state index >= 15 is 0 Å². The summed E-state index contributed by atoms with van der Waals surface area (Å²) in [6, 6.07) is 11.6. The fraction of sp³-hybridized carbons (Fsp3) is 0.176. The molecule has 0 aliphatic heterocycles. The second-order valence-electron chi connectivity index (χ2n) is 5.25. The number of carbonyl (C=O) groups excluding carboxylic acids is 1. The van der Waals surface area contributed by atoms with E-state index in [2.05, 4.69) is 42.3 Å². The van der Waals surface area contributed by atoms with Gasteiger partial charge in [0, 0.05) is 27.8 Å². The maximum absolute atomic E-state index is 12.6. The minimum absolute atomic E-state index is 0.156. The minimum Gasteiger partial charge on any atom is -0.343 e. The van der Waals surface area contributed by atoms with Gasteiger partial charge in [0.1, 0.15) is 11.5 Å². The first-order chi connectivity index (χ1) is 11.6. The van der Waals surface area contributed by atoms with E-state index in [0.717, 1.165) is 21.1 Å². The van der Waals surface area contributed by atoms with Crippen molar-refractivity contribution in [3.8, 4) is 0 Å². The number of nitrogens with zero attached hydrogens (tertiary/aromatic N) is 3. The topological polar surface area (TPSA) is 51.9 Å². The van der Waals surface area contributed by atoms with Crippen LogP contribution in [0.3, 0.4) is 0 Å². The lowest BCUT2D eigenvalue weighted by Gasteiger charge is -2.11. The van der Waals surface area contributed by atoms with E-state index in [1.807, 2.05) is 48.0 Å². The summed E-state index contributed by atoms with van der Waals surface area (Å²) in [5, 5.41) is 7.25. The summed E-state index contributed by atoms with van der Waals surface area (Å²) in [5.41, 5.74) is 1.70. The second-order valence-corrected chi connectivity index (χ2v) is 7.02. The van der Waals surface area contributed by atoms with Gasteiger partial charge in [-0.25, -0.2) is 4.68 Å². The van der Waals surface area contributed by atoms with Crippen LogP contribution in [0.25, 0.3) is 0 Å². The average Bonchev–Trinajstić information content (AvgIpc) is 3.16. The Kier molecular flexibility index (Phi) is 5.20. The van der Waals surface area contributed by atoms with Crippen LogP contribution in [-0.4, -0.2) is 20.3 Å². The number of nitrogens with one attached hydrogen (secondary N) is 1. The molecule has 0 saturated carbocycles. The highest BCUT2D eigenvalue weighted by Gasteiger charge is 2.15. The molecule has 124 valence electrons. The third kappa shape index (κ3) is 3.62. The molecule has 0 atom stereocenters. The number of hydrogen-bond donors (Lipinski definition) is 1. The molecule has 0 radical (unpaired) electrons. The SMILES string of the molecule is CCn1cc(Br)cc1C(=O)Nc1ccnn1Cc1ccccc1Br. The molecule has 0 saturated heterocycles. The lowest BCUT2D eigenvalue weighted by Crippen LogP contribution is -2.19. The van der Waals surface area contributed by atoms with Crippen LogP contribution in [0.2, 0.25) is 0 Å². The van der Waals surface area contributed by atoms with Crippen LogP contribution >= 0.6 is 31.9 Å². The molecular formula is C17H16Br2N4O. The van der Waals surface area contributed by atoms with Gasteiger partial charge in [-0.05, 0) is 40.5 Å². The van der Waals surface area contributed by atoms with Crippen LogP contribution in [-0.2, 0) is 13.1 Å². The molecule has 3 rings (SSSR count). The summed E-state index contributed by atoms with van der Waals surface area (Å²) in [7, 11) is 0. The summed E-state index contributed by atoms with van der Waals surface area (Å²) in [6.07, 6.45) is 3.58. The molecule has 7 heteroatoms. The van der Waals surface area contributed by atoms with Crippen LogP contribution in [0.1, 0.15) is 23.0 Å². The third-order valence-corrected chi connectivity index (χ3v) is 4.88. The number of benzene rings is 1. The third-order valence-electron chi connectivity index (χ3n) is 3.67. The zero-order chi connectivity index (χ0) is 17.1. The highest BCUT2D eigenvalue weighted by molar-refractivity contribution is 9.10. The summed E-state index contributed by atoms with van der Waals surface area (Å²) < 4.78 is 5.57. The number of aryl methyl sites for hydroxylation is 1. The molecule has 3 aromatic rings. The van der Waals surface area contributed by atoms with Crippen molar-refractivity contribution in [1.82, 2.24) is 14.3 Å². The largest absolute Gasteiger partial charge is 0.343 e. The first-order valence-corrected chi connectivity index (χ1v) is 9.09. The Balaban J connectivity index is 1.80. The van der Waals surface area contributed by atoms with Gasteiger partial charge in [0.2, 0.25) is 0 Å². The van der Waals surface area contributed by atoms with Gasteiger partial charge >= 0.3 is 0 Å². The van der Waals surface area contributed by atoms with Gasteiger partial charge in [-0.15, -0.1) is 0 Å². The monoisotopic (exact) mass is 450 g/mol. The summed E-state index contributed by atoms with van der Waals surface area (Å²) >= 11 is 6.95. The average molecular weight is 452 g/mol. The van der Waals surface area contributed by atoms with E-state index in [1.165, 1.54) is 0 Å². The van der Waals surface area contributed by atoms with Gasteiger partial charge in [-0.1, -0.05) is 34.1 Å². The summed E-state index contributed by atoms with van der Waals surface area (Å²) in [4.78, 5) is 12.6. The molecule has 0 unspecified atom stereocenters. The number of aromatic nitrogens is 3. The number of anilines is 1. The van der Waals surface area contributed by atoms with Crippen molar-refractivity contribution in [2.75, 3.05) is 5.32 Å². The standard InChI is InChI=1S/C17H16Br2N4O/c1-2-22-11-13(18)9-15(22)17(24)21-16-7-8-20-23(16)10-12-5-3-4-6-14(12)19/h3-9,11H,2,10H2,1H3,(H,21,24). The Morgan fingerprint density at radius 2 is 2.04 bits per heavy atom. The summed E-state index contributed by atoms with van der Waals surface area (Å²) in [6.45, 7) is 3.30. The van der Waals surface area contributed by atoms with Crippen molar-refractivity contribution in [1.29, 1.82) is 0 Å². The Morgan fingerprint density at radius 1 is 1.25 bits per heavy atom. The zero-order valence-corrected chi connectivity index (χ0v) is 16.2. The predicted octanol–water partition coefficient (Wildman–Crippen LogP) is 4.53. The normalized spacial score (nSPS) is 10.8. The van der Waals surface area contributed by atoms with Crippen LogP contribution in [0.5, 0.6) is 0 Å². The van der Waals surface area contributed by atoms with Crippen molar-refractivity contribution < 1.29 is 4.79 Å². The first kappa shape index (κ1) is 17.0. The molecule has 5 nitrogen and oxygen atoms in total. The molecule has 0 fully saturated rings. The maximum atomic E-state index is 12.6. The van der Waals surface area contributed by atoms with Gasteiger partial charge in [0.05, 0.1) is 12.7 Å². The van der Waals surface area contributed by atoms with E-state index in [1.54, 1.807) is 16.9 Å². The number of halogens is 2. The molecular weight excluding hydrogens is 436 g/mol. The fourth-order valence-corrected chi connectivity index (χ4v) is 3.33. The van der Waals surface area contributed by atoms with Crippen LogP contribution in [0.4, 0.5) is 5.82 Å². The number of hydrogen-bond acceptors (Lipinski definition) is 2. The molecule has 1 amide bonds. The van der Waals surface area contributed by atoms with Crippen molar-refractivity contribution in [2.24, 2.45) is 0 Å². The molecule has 0 spiro atoms. The van der Waals surface area contributed by atoms with E-state index in [0.29, 0.717) is 18.1 Å². The lowest BCUT2D eigenvalue weighted by molar-refractivity contribution is 0.101. The molecule has 0 aliphatic carbocycles. The smallest absolute Gasteiger partial charge is 0.273 e. The number of carbonyl (C=O) groups is 1. The molecule has 2 heterocycles. The highest BCUT2D eigenvalue weighted by atomic mass is 79.9. The van der Waals surface area contributed by atoms with Crippen molar-refractivity contribution in [2.45, 2.75) is 20.0 Å². The van der Waals surface area contributed by atoms with Gasteiger partial charge in [-0.2, -0.15) is 5.10 Å². The molecule has 0 aliphatic rings. The van der Waals surface area contributed by atoms with Gasteiger partial charge in [0.15, 0.2) is 0 Å². The molecule has 0 bridgehead atoms. The predicted molar refractivity (Wildman–Crippen MR) is 101 cm³/mol. The molecule has 24 heavy (non-hydrogen) atoms. The molecule has 1 aromatic carbocycles. The van der Waals surface area contributed by atoms with Gasteiger partial charge in [0.25, 0.3) is 5.91 Å². The number of rotatable bonds is 5. The lowest BCUT2D eigenvalue weighted by atomic mass is 10.2. The Bertz CT molecular complexity index is 869. The maximum Gasteiger partial charge on any atom is 0.273 e. The van der Waals surface area contributed by atoms with E-state index in [-0.39, 0.29) is 5.91 Å². The van der Waals surface area contributed by atoms with Crippen LogP contribution < -0.4 is 5.32 Å². The number of amides is 1. The first-order valence-electron chi connectivity index (χ1n) is 7.50. The molecule has 1 N–H and O–H groups in total. The van der Waals surface area contributed by atoms with Gasteiger partial charge < -0.3 is 9.88 Å². The van der Waals surface area contributed by atoms with E-state index in [4.69, 9.17) is 0 Å². The quantitative estimate of drug-likeness (QED) is 0.619. The van der Waals surface area contributed by atoms with Crippen molar-refractivity contribution in [3.63, 3.8) is 0 Å². The minimum atomic E-state index is -0.156. The highest BCUT2D eigenvalue weighted by Crippen LogP contribution is 2.20. The fourth-order valence-electron chi connectivity index (χ4n) is 2.46. The Hall–Kier alpha value is -1.86. The van der Waals surface area contributed by atoms with Crippen molar-refractivity contribution >= 4 is 43.6 Å². The zero-order valence-electron chi connectivity index (χ0n) is 13.0.